The van der Waals surface area contributed by atoms with Crippen molar-refractivity contribution >= 4 is 11.8 Å². The lowest BCUT2D eigenvalue weighted by molar-refractivity contribution is 0.0736. The first-order valence-corrected chi connectivity index (χ1v) is 5.65. The third kappa shape index (κ3) is 2.02. The van der Waals surface area contributed by atoms with E-state index in [1.807, 2.05) is 11.8 Å². The van der Waals surface area contributed by atoms with Crippen LogP contribution >= 0.6 is 0 Å². The summed E-state index contributed by atoms with van der Waals surface area (Å²) in [6.45, 7) is 2.79. The van der Waals surface area contributed by atoms with E-state index in [0.717, 1.165) is 19.4 Å². The molecule has 1 aromatic rings. The molecule has 0 radical (unpaired) electrons. The highest BCUT2D eigenvalue weighted by atomic mass is 16.2. The molecule has 1 saturated heterocycles. The minimum Gasteiger partial charge on any atom is -0.364 e. The zero-order chi connectivity index (χ0) is 12.6. The number of amides is 2. The van der Waals surface area contributed by atoms with Crippen LogP contribution in [0, 0.1) is 0 Å². The Hall–Kier alpha value is -1.85. The van der Waals surface area contributed by atoms with Gasteiger partial charge in [-0.1, -0.05) is 0 Å². The molecule has 0 aromatic carbocycles. The second kappa shape index (κ2) is 4.20. The number of carbonyl (C=O) groups is 2. The Morgan fingerprint density at radius 2 is 2.24 bits per heavy atom. The van der Waals surface area contributed by atoms with Crippen molar-refractivity contribution in [1.29, 1.82) is 0 Å². The SMILES string of the molecule is CC1CCCN1C(=O)c1cc(C(N)=O)nn1C. The number of aromatic nitrogens is 2. The van der Waals surface area contributed by atoms with Crippen molar-refractivity contribution in [2.45, 2.75) is 25.8 Å². The van der Waals surface area contributed by atoms with Crippen LogP contribution < -0.4 is 5.73 Å². The lowest BCUT2D eigenvalue weighted by Crippen LogP contribution is -2.34. The molecule has 1 fully saturated rings. The molecule has 6 heteroatoms. The van der Waals surface area contributed by atoms with Gasteiger partial charge in [0.05, 0.1) is 0 Å². The average molecular weight is 236 g/mol. The van der Waals surface area contributed by atoms with E-state index in [9.17, 15) is 9.59 Å². The Bertz CT molecular complexity index is 466. The highest BCUT2D eigenvalue weighted by Gasteiger charge is 2.28. The summed E-state index contributed by atoms with van der Waals surface area (Å²) in [6.07, 6.45) is 2.04. The number of likely N-dealkylation sites (tertiary alicyclic amines) is 1. The second-order valence-electron chi connectivity index (χ2n) is 4.39. The second-order valence-corrected chi connectivity index (χ2v) is 4.39. The Labute approximate surface area is 99.4 Å². The standard InChI is InChI=1S/C11H16N4O2/c1-7-4-3-5-15(7)11(17)9-6-8(10(12)16)13-14(9)2/h6-7H,3-5H2,1-2H3,(H2,12,16). The van der Waals surface area contributed by atoms with Gasteiger partial charge in [0.15, 0.2) is 5.69 Å². The number of carbonyl (C=O) groups excluding carboxylic acids is 2. The Kier molecular flexibility index (Phi) is 2.87. The van der Waals surface area contributed by atoms with Crippen molar-refractivity contribution in [3.05, 3.63) is 17.5 Å². The molecule has 0 spiro atoms. The molecule has 2 N–H and O–H groups in total. The van der Waals surface area contributed by atoms with Crippen LogP contribution in [0.1, 0.15) is 40.7 Å². The minimum absolute atomic E-state index is 0.0856. The Morgan fingerprint density at radius 1 is 1.53 bits per heavy atom. The van der Waals surface area contributed by atoms with E-state index in [1.54, 1.807) is 7.05 Å². The highest BCUT2D eigenvalue weighted by molar-refractivity contribution is 5.97. The van der Waals surface area contributed by atoms with Crippen LogP contribution in [0.2, 0.25) is 0 Å². The topological polar surface area (TPSA) is 81.2 Å². The van der Waals surface area contributed by atoms with Crippen LogP contribution in [0.4, 0.5) is 0 Å². The number of aryl methyl sites for hydroxylation is 1. The fraction of sp³-hybridized carbons (Fsp3) is 0.545. The first-order chi connectivity index (χ1) is 8.00. The van der Waals surface area contributed by atoms with Crippen molar-refractivity contribution in [3.8, 4) is 0 Å². The van der Waals surface area contributed by atoms with E-state index in [-0.39, 0.29) is 17.6 Å². The number of hydrogen-bond acceptors (Lipinski definition) is 3. The molecule has 17 heavy (non-hydrogen) atoms. The summed E-state index contributed by atoms with van der Waals surface area (Å²) in [6, 6.07) is 1.70. The van der Waals surface area contributed by atoms with Gasteiger partial charge in [-0.25, -0.2) is 0 Å². The molecule has 2 amide bonds. The summed E-state index contributed by atoms with van der Waals surface area (Å²) in [4.78, 5) is 25.0. The zero-order valence-corrected chi connectivity index (χ0v) is 10.0. The van der Waals surface area contributed by atoms with Crippen molar-refractivity contribution in [2.24, 2.45) is 12.8 Å². The van der Waals surface area contributed by atoms with Crippen LogP contribution in [-0.4, -0.2) is 39.1 Å². The normalized spacial score (nSPS) is 19.6. The smallest absolute Gasteiger partial charge is 0.272 e. The molecule has 0 saturated carbocycles. The third-order valence-electron chi connectivity index (χ3n) is 3.17. The fourth-order valence-electron chi connectivity index (χ4n) is 2.17. The van der Waals surface area contributed by atoms with E-state index < -0.39 is 5.91 Å². The maximum Gasteiger partial charge on any atom is 0.272 e. The molecule has 92 valence electrons. The lowest BCUT2D eigenvalue weighted by atomic mass is 10.2. The van der Waals surface area contributed by atoms with E-state index in [4.69, 9.17) is 5.73 Å². The van der Waals surface area contributed by atoms with Gasteiger partial charge >= 0.3 is 0 Å². The number of hydrogen-bond donors (Lipinski definition) is 1. The van der Waals surface area contributed by atoms with Crippen molar-refractivity contribution in [3.63, 3.8) is 0 Å². The number of nitrogens with two attached hydrogens (primary N) is 1. The molecule has 1 atom stereocenters. The van der Waals surface area contributed by atoms with E-state index in [1.165, 1.54) is 10.7 Å². The van der Waals surface area contributed by atoms with E-state index in [0.29, 0.717) is 5.69 Å². The average Bonchev–Trinajstić information content (AvgIpc) is 2.83. The minimum atomic E-state index is -0.617. The number of nitrogens with zero attached hydrogens (tertiary/aromatic N) is 3. The highest BCUT2D eigenvalue weighted by Crippen LogP contribution is 2.19. The van der Waals surface area contributed by atoms with E-state index in [2.05, 4.69) is 5.10 Å². The van der Waals surface area contributed by atoms with Crippen molar-refractivity contribution in [2.75, 3.05) is 6.54 Å². The predicted molar refractivity (Wildman–Crippen MR) is 61.5 cm³/mol. The van der Waals surface area contributed by atoms with Gasteiger partial charge in [-0.3, -0.25) is 14.3 Å². The van der Waals surface area contributed by atoms with Crippen molar-refractivity contribution in [1.82, 2.24) is 14.7 Å². The van der Waals surface area contributed by atoms with Crippen molar-refractivity contribution < 1.29 is 9.59 Å². The first-order valence-electron chi connectivity index (χ1n) is 5.65. The van der Waals surface area contributed by atoms with Crippen LogP contribution in [0.15, 0.2) is 6.07 Å². The molecule has 1 aliphatic rings. The molecule has 1 aromatic heterocycles. The largest absolute Gasteiger partial charge is 0.364 e. The zero-order valence-electron chi connectivity index (χ0n) is 10.0. The summed E-state index contributed by atoms with van der Waals surface area (Å²) in [7, 11) is 1.64. The predicted octanol–water partition coefficient (Wildman–Crippen LogP) is 0.144. The molecule has 0 bridgehead atoms. The molecule has 2 rings (SSSR count). The van der Waals surface area contributed by atoms with Gasteiger partial charge in [0.2, 0.25) is 0 Å². The van der Waals surface area contributed by atoms with Gasteiger partial charge in [-0.05, 0) is 19.8 Å². The quantitative estimate of drug-likeness (QED) is 0.793. The van der Waals surface area contributed by atoms with E-state index >= 15 is 0 Å². The summed E-state index contributed by atoms with van der Waals surface area (Å²) in [5.74, 6) is -0.702. The lowest BCUT2D eigenvalue weighted by Gasteiger charge is -2.20. The molecule has 1 unspecified atom stereocenters. The summed E-state index contributed by atoms with van der Waals surface area (Å²) < 4.78 is 1.41. The molecule has 2 heterocycles. The van der Waals surface area contributed by atoms with Gasteiger partial charge in [-0.2, -0.15) is 5.10 Å². The monoisotopic (exact) mass is 236 g/mol. The number of rotatable bonds is 2. The maximum absolute atomic E-state index is 12.2. The summed E-state index contributed by atoms with van der Waals surface area (Å²) >= 11 is 0. The van der Waals surface area contributed by atoms with Gasteiger partial charge in [0.25, 0.3) is 11.8 Å². The first kappa shape index (κ1) is 11.6. The van der Waals surface area contributed by atoms with Gasteiger partial charge in [0, 0.05) is 25.7 Å². The maximum atomic E-state index is 12.2. The van der Waals surface area contributed by atoms with Crippen LogP contribution in [0.5, 0.6) is 0 Å². The number of primary amides is 1. The van der Waals surface area contributed by atoms with Crippen LogP contribution in [0.3, 0.4) is 0 Å². The summed E-state index contributed by atoms with van der Waals surface area (Å²) in [5, 5.41) is 3.92. The van der Waals surface area contributed by atoms with Gasteiger partial charge < -0.3 is 10.6 Å². The summed E-state index contributed by atoms with van der Waals surface area (Å²) in [5.41, 5.74) is 5.67. The van der Waals surface area contributed by atoms with Gasteiger partial charge in [-0.15, -0.1) is 0 Å². The molecule has 6 nitrogen and oxygen atoms in total. The Balaban J connectivity index is 2.27. The fourth-order valence-corrected chi connectivity index (χ4v) is 2.17. The third-order valence-corrected chi connectivity index (χ3v) is 3.17. The molecular formula is C11H16N4O2. The van der Waals surface area contributed by atoms with Crippen LogP contribution in [-0.2, 0) is 7.05 Å². The molecular weight excluding hydrogens is 220 g/mol. The van der Waals surface area contributed by atoms with Crippen LogP contribution in [0.25, 0.3) is 0 Å². The molecule has 1 aliphatic heterocycles. The molecule has 0 aliphatic carbocycles. The Morgan fingerprint density at radius 3 is 2.71 bits per heavy atom. The van der Waals surface area contributed by atoms with Gasteiger partial charge in [0.1, 0.15) is 5.69 Å².